The van der Waals surface area contributed by atoms with Gasteiger partial charge in [0.25, 0.3) is 0 Å². The molecule has 0 bridgehead atoms. The van der Waals surface area contributed by atoms with Crippen molar-refractivity contribution in [3.05, 3.63) is 47.5 Å². The Kier molecular flexibility index (Phi) is 3.11. The standard InChI is InChI=1S/C14H14O3/c1-9(15)10-6-7-12-11(8-10)4-3-5-13(12)14(16)17-2/h3-9,15H,1-2H3. The predicted octanol–water partition coefficient (Wildman–Crippen LogP) is 2.68. The molecule has 0 fully saturated rings. The molecular weight excluding hydrogens is 216 g/mol. The highest BCUT2D eigenvalue weighted by atomic mass is 16.5. The third kappa shape index (κ3) is 2.15. The third-order valence-electron chi connectivity index (χ3n) is 2.79. The predicted molar refractivity (Wildman–Crippen MR) is 65.9 cm³/mol. The molecule has 0 aliphatic rings. The molecule has 0 aliphatic heterocycles. The van der Waals surface area contributed by atoms with Crippen molar-refractivity contribution >= 4 is 16.7 Å². The first-order chi connectivity index (χ1) is 8.13. The Labute approximate surface area is 99.6 Å². The summed E-state index contributed by atoms with van der Waals surface area (Å²) in [5.41, 5.74) is 1.38. The summed E-state index contributed by atoms with van der Waals surface area (Å²) >= 11 is 0. The Bertz CT molecular complexity index is 558. The van der Waals surface area contributed by atoms with Gasteiger partial charge >= 0.3 is 5.97 Å². The average Bonchev–Trinajstić information content (AvgIpc) is 2.36. The summed E-state index contributed by atoms with van der Waals surface area (Å²) in [5, 5.41) is 11.3. The number of rotatable bonds is 2. The number of hydrogen-bond acceptors (Lipinski definition) is 3. The van der Waals surface area contributed by atoms with Gasteiger partial charge in [-0.2, -0.15) is 0 Å². The van der Waals surface area contributed by atoms with Gasteiger partial charge in [-0.25, -0.2) is 4.79 Å². The summed E-state index contributed by atoms with van der Waals surface area (Å²) in [6.07, 6.45) is -0.513. The minimum absolute atomic E-state index is 0.347. The van der Waals surface area contributed by atoms with Gasteiger partial charge in [0, 0.05) is 0 Å². The van der Waals surface area contributed by atoms with E-state index >= 15 is 0 Å². The molecular formula is C14H14O3. The van der Waals surface area contributed by atoms with Gasteiger partial charge in [-0.3, -0.25) is 0 Å². The minimum atomic E-state index is -0.513. The van der Waals surface area contributed by atoms with Crippen LogP contribution in [0.3, 0.4) is 0 Å². The average molecular weight is 230 g/mol. The summed E-state index contributed by atoms with van der Waals surface area (Å²) in [6, 6.07) is 11.0. The number of aliphatic hydroxyl groups excluding tert-OH is 1. The van der Waals surface area contributed by atoms with Crippen molar-refractivity contribution in [1.29, 1.82) is 0 Å². The number of benzene rings is 2. The number of aliphatic hydroxyl groups is 1. The molecule has 2 aromatic carbocycles. The molecule has 1 unspecified atom stereocenters. The van der Waals surface area contributed by atoms with Crippen LogP contribution in [0.1, 0.15) is 28.9 Å². The molecule has 2 rings (SSSR count). The van der Waals surface area contributed by atoms with Crippen LogP contribution in [0, 0.1) is 0 Å². The number of fused-ring (bicyclic) bond motifs is 1. The number of hydrogen-bond donors (Lipinski definition) is 1. The van der Waals surface area contributed by atoms with Crippen molar-refractivity contribution in [3.8, 4) is 0 Å². The normalized spacial score (nSPS) is 12.4. The smallest absolute Gasteiger partial charge is 0.338 e. The van der Waals surface area contributed by atoms with E-state index in [-0.39, 0.29) is 5.97 Å². The van der Waals surface area contributed by atoms with E-state index in [4.69, 9.17) is 4.74 Å². The van der Waals surface area contributed by atoms with Gasteiger partial charge in [-0.15, -0.1) is 0 Å². The second-order valence-corrected chi connectivity index (χ2v) is 3.95. The first-order valence-corrected chi connectivity index (χ1v) is 5.42. The molecule has 0 amide bonds. The minimum Gasteiger partial charge on any atom is -0.465 e. The monoisotopic (exact) mass is 230 g/mol. The molecule has 0 aliphatic carbocycles. The van der Waals surface area contributed by atoms with Crippen molar-refractivity contribution in [3.63, 3.8) is 0 Å². The van der Waals surface area contributed by atoms with Crippen LogP contribution >= 0.6 is 0 Å². The Morgan fingerprint density at radius 1 is 1.29 bits per heavy atom. The van der Waals surface area contributed by atoms with Crippen LogP contribution in [0.4, 0.5) is 0 Å². The van der Waals surface area contributed by atoms with Gasteiger partial charge in [0.15, 0.2) is 0 Å². The van der Waals surface area contributed by atoms with E-state index in [1.807, 2.05) is 24.3 Å². The Balaban J connectivity index is 2.63. The summed E-state index contributed by atoms with van der Waals surface area (Å²) in [4.78, 5) is 11.6. The largest absolute Gasteiger partial charge is 0.465 e. The zero-order valence-electron chi connectivity index (χ0n) is 9.81. The molecule has 3 nitrogen and oxygen atoms in total. The van der Waals surface area contributed by atoms with Crippen LogP contribution in [-0.4, -0.2) is 18.2 Å². The molecule has 0 radical (unpaired) electrons. The van der Waals surface area contributed by atoms with Gasteiger partial charge in [0.1, 0.15) is 0 Å². The molecule has 3 heteroatoms. The van der Waals surface area contributed by atoms with E-state index < -0.39 is 6.10 Å². The fraction of sp³-hybridized carbons (Fsp3) is 0.214. The molecule has 0 saturated heterocycles. The topological polar surface area (TPSA) is 46.5 Å². The van der Waals surface area contributed by atoms with Crippen LogP contribution in [-0.2, 0) is 4.74 Å². The molecule has 88 valence electrons. The first-order valence-electron chi connectivity index (χ1n) is 5.42. The summed E-state index contributed by atoms with van der Waals surface area (Å²) < 4.78 is 4.73. The van der Waals surface area contributed by atoms with E-state index in [0.29, 0.717) is 5.56 Å². The lowest BCUT2D eigenvalue weighted by molar-refractivity contribution is 0.0603. The molecule has 1 N–H and O–H groups in total. The van der Waals surface area contributed by atoms with Crippen molar-refractivity contribution in [2.75, 3.05) is 7.11 Å². The number of esters is 1. The Hall–Kier alpha value is -1.87. The maximum absolute atomic E-state index is 11.6. The van der Waals surface area contributed by atoms with E-state index in [9.17, 15) is 9.90 Å². The molecule has 0 heterocycles. The molecule has 1 atom stereocenters. The third-order valence-corrected chi connectivity index (χ3v) is 2.79. The highest BCUT2D eigenvalue weighted by molar-refractivity contribution is 6.04. The van der Waals surface area contributed by atoms with E-state index in [1.165, 1.54) is 7.11 Å². The SMILES string of the molecule is COC(=O)c1cccc2cc(C(C)O)ccc12. The van der Waals surface area contributed by atoms with Crippen molar-refractivity contribution in [2.45, 2.75) is 13.0 Å². The fourth-order valence-corrected chi connectivity index (χ4v) is 1.85. The van der Waals surface area contributed by atoms with Gasteiger partial charge in [0.05, 0.1) is 18.8 Å². The van der Waals surface area contributed by atoms with E-state index in [1.54, 1.807) is 19.1 Å². The Morgan fingerprint density at radius 2 is 2.06 bits per heavy atom. The highest BCUT2D eigenvalue weighted by Crippen LogP contribution is 2.23. The lowest BCUT2D eigenvalue weighted by Gasteiger charge is -2.08. The fourth-order valence-electron chi connectivity index (χ4n) is 1.85. The first kappa shape index (κ1) is 11.6. The lowest BCUT2D eigenvalue weighted by Crippen LogP contribution is -2.02. The van der Waals surface area contributed by atoms with Crippen LogP contribution in [0.5, 0.6) is 0 Å². The maximum atomic E-state index is 11.6. The number of carbonyl (C=O) groups is 1. The second-order valence-electron chi connectivity index (χ2n) is 3.95. The van der Waals surface area contributed by atoms with E-state index in [0.717, 1.165) is 16.3 Å². The van der Waals surface area contributed by atoms with Gasteiger partial charge in [-0.05, 0) is 35.4 Å². The molecule has 0 spiro atoms. The van der Waals surface area contributed by atoms with Crippen LogP contribution in [0.2, 0.25) is 0 Å². The quantitative estimate of drug-likeness (QED) is 0.807. The Morgan fingerprint density at radius 3 is 2.71 bits per heavy atom. The van der Waals surface area contributed by atoms with Gasteiger partial charge < -0.3 is 9.84 Å². The van der Waals surface area contributed by atoms with Gasteiger partial charge in [0.2, 0.25) is 0 Å². The van der Waals surface area contributed by atoms with Gasteiger partial charge in [-0.1, -0.05) is 24.3 Å². The van der Waals surface area contributed by atoms with Crippen molar-refractivity contribution in [2.24, 2.45) is 0 Å². The lowest BCUT2D eigenvalue weighted by atomic mass is 10.0. The van der Waals surface area contributed by atoms with Crippen molar-refractivity contribution < 1.29 is 14.6 Å². The van der Waals surface area contributed by atoms with Crippen LogP contribution in [0.25, 0.3) is 10.8 Å². The zero-order chi connectivity index (χ0) is 12.4. The maximum Gasteiger partial charge on any atom is 0.338 e. The summed E-state index contributed by atoms with van der Waals surface area (Å²) in [5.74, 6) is -0.347. The van der Waals surface area contributed by atoms with Crippen LogP contribution < -0.4 is 0 Å². The second kappa shape index (κ2) is 4.55. The molecule has 0 aromatic heterocycles. The number of methoxy groups -OCH3 is 1. The van der Waals surface area contributed by atoms with Crippen molar-refractivity contribution in [1.82, 2.24) is 0 Å². The summed E-state index contributed by atoms with van der Waals surface area (Å²) in [6.45, 7) is 1.71. The van der Waals surface area contributed by atoms with Crippen LogP contribution in [0.15, 0.2) is 36.4 Å². The number of ether oxygens (including phenoxy) is 1. The summed E-state index contributed by atoms with van der Waals surface area (Å²) in [7, 11) is 1.37. The molecule has 0 saturated carbocycles. The highest BCUT2D eigenvalue weighted by Gasteiger charge is 2.10. The zero-order valence-corrected chi connectivity index (χ0v) is 9.81. The number of carbonyl (C=O) groups excluding carboxylic acids is 1. The molecule has 2 aromatic rings. The molecule has 17 heavy (non-hydrogen) atoms. The van der Waals surface area contributed by atoms with E-state index in [2.05, 4.69) is 0 Å².